The highest BCUT2D eigenvalue weighted by Gasteiger charge is 2.37. The number of carbonyl (C=O) groups excluding carboxylic acids is 2. The van der Waals surface area contributed by atoms with E-state index < -0.39 is 0 Å². The number of likely N-dealkylation sites (N-methyl/N-ethyl adjacent to an activating group) is 1. The third-order valence-corrected chi connectivity index (χ3v) is 3.01. The minimum atomic E-state index is -0.306. The molecule has 1 amide bonds. The quantitative estimate of drug-likeness (QED) is 0.677. The van der Waals surface area contributed by atoms with Crippen LogP contribution >= 0.6 is 0 Å². The SMILES string of the molecule is CN1C(=O)C[C@@H](c2ccccc2)[C@H]1C=O. The predicted octanol–water partition coefficient (Wildman–Crippen LogP) is 1.20. The second kappa shape index (κ2) is 3.85. The Morgan fingerprint density at radius 1 is 1.33 bits per heavy atom. The van der Waals surface area contributed by atoms with Crippen LogP contribution in [-0.4, -0.2) is 30.2 Å². The number of benzene rings is 1. The van der Waals surface area contributed by atoms with Crippen LogP contribution in [0.5, 0.6) is 0 Å². The Bertz CT molecular complexity index is 374. The highest BCUT2D eigenvalue weighted by atomic mass is 16.2. The van der Waals surface area contributed by atoms with Crippen molar-refractivity contribution in [3.8, 4) is 0 Å². The van der Waals surface area contributed by atoms with E-state index in [1.807, 2.05) is 30.3 Å². The molecule has 0 radical (unpaired) electrons. The maximum Gasteiger partial charge on any atom is 0.223 e. The Morgan fingerprint density at radius 3 is 2.60 bits per heavy atom. The zero-order valence-corrected chi connectivity index (χ0v) is 8.59. The molecular weight excluding hydrogens is 190 g/mol. The summed E-state index contributed by atoms with van der Waals surface area (Å²) in [5.74, 6) is 0.0575. The molecule has 1 heterocycles. The Labute approximate surface area is 88.7 Å². The Kier molecular flexibility index (Phi) is 2.54. The standard InChI is InChI=1S/C12H13NO2/c1-13-11(8-14)10(7-12(13)15)9-5-3-2-4-6-9/h2-6,8,10-11H,7H2,1H3/t10-,11+/m0/s1. The third-order valence-electron chi connectivity index (χ3n) is 3.01. The van der Waals surface area contributed by atoms with Crippen LogP contribution in [0.2, 0.25) is 0 Å². The van der Waals surface area contributed by atoms with Gasteiger partial charge in [0.05, 0.1) is 6.04 Å². The highest BCUT2D eigenvalue weighted by Crippen LogP contribution is 2.31. The lowest BCUT2D eigenvalue weighted by molar-refractivity contribution is -0.129. The van der Waals surface area contributed by atoms with Gasteiger partial charge in [0.15, 0.2) is 0 Å². The van der Waals surface area contributed by atoms with E-state index in [1.165, 1.54) is 4.90 Å². The van der Waals surface area contributed by atoms with Gasteiger partial charge in [-0.05, 0) is 5.56 Å². The average Bonchev–Trinajstić information content (AvgIpc) is 2.56. The van der Waals surface area contributed by atoms with Gasteiger partial charge in [-0.2, -0.15) is 0 Å². The molecule has 1 aromatic carbocycles. The smallest absolute Gasteiger partial charge is 0.223 e. The molecule has 2 atom stereocenters. The van der Waals surface area contributed by atoms with Gasteiger partial charge in [-0.3, -0.25) is 4.79 Å². The summed E-state index contributed by atoms with van der Waals surface area (Å²) in [5, 5.41) is 0. The third kappa shape index (κ3) is 1.65. The van der Waals surface area contributed by atoms with Gasteiger partial charge in [0, 0.05) is 19.4 Å². The lowest BCUT2D eigenvalue weighted by atomic mass is 9.92. The molecule has 1 aliphatic heterocycles. The molecule has 3 nitrogen and oxygen atoms in total. The summed E-state index contributed by atoms with van der Waals surface area (Å²) in [6.45, 7) is 0. The van der Waals surface area contributed by atoms with Crippen LogP contribution in [0.4, 0.5) is 0 Å². The predicted molar refractivity (Wildman–Crippen MR) is 56.4 cm³/mol. The second-order valence-corrected chi connectivity index (χ2v) is 3.85. The molecule has 1 aliphatic rings. The topological polar surface area (TPSA) is 37.4 Å². The molecule has 0 N–H and O–H groups in total. The molecule has 3 heteroatoms. The first-order valence-corrected chi connectivity index (χ1v) is 5.00. The number of hydrogen-bond donors (Lipinski definition) is 0. The van der Waals surface area contributed by atoms with Crippen molar-refractivity contribution in [2.45, 2.75) is 18.4 Å². The van der Waals surface area contributed by atoms with Crippen molar-refractivity contribution >= 4 is 12.2 Å². The number of likely N-dealkylation sites (tertiary alicyclic amines) is 1. The maximum absolute atomic E-state index is 11.5. The Morgan fingerprint density at radius 2 is 2.00 bits per heavy atom. The fourth-order valence-electron chi connectivity index (χ4n) is 2.09. The Balaban J connectivity index is 2.31. The van der Waals surface area contributed by atoms with Gasteiger partial charge in [0.1, 0.15) is 6.29 Å². The van der Waals surface area contributed by atoms with E-state index in [0.29, 0.717) is 6.42 Å². The normalized spacial score (nSPS) is 25.7. The summed E-state index contributed by atoms with van der Waals surface area (Å²) in [4.78, 5) is 24.0. The average molecular weight is 203 g/mol. The zero-order chi connectivity index (χ0) is 10.8. The lowest BCUT2D eigenvalue weighted by Gasteiger charge is -2.19. The highest BCUT2D eigenvalue weighted by molar-refractivity contribution is 5.85. The van der Waals surface area contributed by atoms with Crippen LogP contribution in [0.3, 0.4) is 0 Å². The fraction of sp³-hybridized carbons (Fsp3) is 0.333. The summed E-state index contributed by atoms with van der Waals surface area (Å²) < 4.78 is 0. The lowest BCUT2D eigenvalue weighted by Crippen LogP contribution is -2.32. The van der Waals surface area contributed by atoms with Crippen molar-refractivity contribution in [1.82, 2.24) is 4.90 Å². The van der Waals surface area contributed by atoms with Crippen LogP contribution in [0.15, 0.2) is 30.3 Å². The number of carbonyl (C=O) groups is 2. The van der Waals surface area contributed by atoms with Gasteiger partial charge < -0.3 is 9.69 Å². The molecule has 0 aliphatic carbocycles. The monoisotopic (exact) mass is 203 g/mol. The maximum atomic E-state index is 11.5. The minimum absolute atomic E-state index is 0.0150. The van der Waals surface area contributed by atoms with Crippen molar-refractivity contribution in [3.05, 3.63) is 35.9 Å². The summed E-state index contributed by atoms with van der Waals surface area (Å²) in [6, 6.07) is 9.42. The van der Waals surface area contributed by atoms with Crippen LogP contribution in [0.25, 0.3) is 0 Å². The van der Waals surface area contributed by atoms with E-state index in [1.54, 1.807) is 7.05 Å². The van der Waals surface area contributed by atoms with E-state index in [-0.39, 0.29) is 17.9 Å². The van der Waals surface area contributed by atoms with Crippen molar-refractivity contribution in [2.75, 3.05) is 7.05 Å². The van der Waals surface area contributed by atoms with Crippen molar-refractivity contribution in [2.24, 2.45) is 0 Å². The van der Waals surface area contributed by atoms with E-state index >= 15 is 0 Å². The molecule has 0 spiro atoms. The van der Waals surface area contributed by atoms with Gasteiger partial charge in [0.25, 0.3) is 0 Å². The summed E-state index contributed by atoms with van der Waals surface area (Å²) >= 11 is 0. The van der Waals surface area contributed by atoms with Crippen LogP contribution < -0.4 is 0 Å². The largest absolute Gasteiger partial charge is 0.335 e. The molecule has 2 rings (SSSR count). The van der Waals surface area contributed by atoms with Crippen molar-refractivity contribution in [1.29, 1.82) is 0 Å². The number of nitrogens with zero attached hydrogens (tertiary/aromatic N) is 1. The molecule has 0 aromatic heterocycles. The molecule has 0 saturated carbocycles. The fourth-order valence-corrected chi connectivity index (χ4v) is 2.09. The van der Waals surface area contributed by atoms with E-state index in [9.17, 15) is 9.59 Å². The van der Waals surface area contributed by atoms with E-state index in [2.05, 4.69) is 0 Å². The number of hydrogen-bond acceptors (Lipinski definition) is 2. The van der Waals surface area contributed by atoms with Gasteiger partial charge in [-0.25, -0.2) is 0 Å². The first kappa shape index (κ1) is 9.90. The number of rotatable bonds is 2. The molecule has 1 saturated heterocycles. The van der Waals surface area contributed by atoms with Crippen LogP contribution in [0, 0.1) is 0 Å². The van der Waals surface area contributed by atoms with Crippen molar-refractivity contribution < 1.29 is 9.59 Å². The molecule has 1 aromatic rings. The zero-order valence-electron chi connectivity index (χ0n) is 8.59. The van der Waals surface area contributed by atoms with Crippen molar-refractivity contribution in [3.63, 3.8) is 0 Å². The summed E-state index contributed by atoms with van der Waals surface area (Å²) in [5.41, 5.74) is 1.06. The molecule has 0 bridgehead atoms. The molecule has 78 valence electrons. The molecular formula is C12H13NO2. The Hall–Kier alpha value is -1.64. The van der Waals surface area contributed by atoms with E-state index in [4.69, 9.17) is 0 Å². The second-order valence-electron chi connectivity index (χ2n) is 3.85. The van der Waals surface area contributed by atoms with Crippen LogP contribution in [-0.2, 0) is 9.59 Å². The van der Waals surface area contributed by atoms with Gasteiger partial charge in [-0.15, -0.1) is 0 Å². The molecule has 1 fully saturated rings. The van der Waals surface area contributed by atoms with E-state index in [0.717, 1.165) is 11.8 Å². The number of amides is 1. The van der Waals surface area contributed by atoms with Gasteiger partial charge >= 0.3 is 0 Å². The first-order chi connectivity index (χ1) is 7.24. The van der Waals surface area contributed by atoms with Gasteiger partial charge in [-0.1, -0.05) is 30.3 Å². The van der Waals surface area contributed by atoms with Gasteiger partial charge in [0.2, 0.25) is 5.91 Å². The molecule has 15 heavy (non-hydrogen) atoms. The number of aldehydes is 1. The van der Waals surface area contributed by atoms with Crippen LogP contribution in [0.1, 0.15) is 17.9 Å². The summed E-state index contributed by atoms with van der Waals surface area (Å²) in [6.07, 6.45) is 1.30. The first-order valence-electron chi connectivity index (χ1n) is 5.00. The minimum Gasteiger partial charge on any atom is -0.335 e. The summed E-state index contributed by atoms with van der Waals surface area (Å²) in [7, 11) is 1.68. The molecule has 0 unspecified atom stereocenters.